The summed E-state index contributed by atoms with van der Waals surface area (Å²) in [6.45, 7) is 1.48. The highest BCUT2D eigenvalue weighted by molar-refractivity contribution is 6.30. The molecule has 0 unspecified atom stereocenters. The molecule has 0 bridgehead atoms. The minimum Gasteiger partial charge on any atom is -0.482 e. The molecule has 1 N–H and O–H groups in total. The van der Waals surface area contributed by atoms with Gasteiger partial charge in [-0.2, -0.15) is 0 Å². The van der Waals surface area contributed by atoms with Crippen molar-refractivity contribution in [1.29, 1.82) is 0 Å². The van der Waals surface area contributed by atoms with Crippen LogP contribution in [0.4, 0.5) is 5.69 Å². The zero-order valence-corrected chi connectivity index (χ0v) is 10.2. The zero-order valence-electron chi connectivity index (χ0n) is 9.42. The number of benzene rings is 1. The SMILES string of the molecule is C/C(=C\C(=O)O)COc1cc(Cl)ccc1[N+](=O)[O-]. The molecule has 0 atom stereocenters. The van der Waals surface area contributed by atoms with Gasteiger partial charge in [-0.05, 0) is 18.6 Å². The smallest absolute Gasteiger partial charge is 0.328 e. The molecule has 0 amide bonds. The van der Waals surface area contributed by atoms with Gasteiger partial charge in [0.1, 0.15) is 6.61 Å². The van der Waals surface area contributed by atoms with Gasteiger partial charge in [0.25, 0.3) is 0 Å². The van der Waals surface area contributed by atoms with Gasteiger partial charge in [0.15, 0.2) is 5.75 Å². The molecule has 6 nitrogen and oxygen atoms in total. The first-order valence-corrected chi connectivity index (χ1v) is 5.25. The van der Waals surface area contributed by atoms with E-state index < -0.39 is 10.9 Å². The third kappa shape index (κ3) is 4.06. The summed E-state index contributed by atoms with van der Waals surface area (Å²) in [6.07, 6.45) is 0.969. The Morgan fingerprint density at radius 3 is 2.83 bits per heavy atom. The first kappa shape index (κ1) is 14.0. The second-order valence-electron chi connectivity index (χ2n) is 3.49. The number of carboxylic acids is 1. The Hall–Kier alpha value is -2.08. The number of carboxylic acid groups (broad SMARTS) is 1. The van der Waals surface area contributed by atoms with E-state index in [4.69, 9.17) is 21.4 Å². The number of nitrogens with zero attached hydrogens (tertiary/aromatic N) is 1. The van der Waals surface area contributed by atoms with Gasteiger partial charge in [0.05, 0.1) is 4.92 Å². The standard InChI is InChI=1S/C11H10ClNO5/c1-7(4-11(14)15)6-18-10-5-8(12)2-3-9(10)13(16)17/h2-5H,6H2,1H3,(H,14,15)/b7-4+. The molecule has 0 spiro atoms. The lowest BCUT2D eigenvalue weighted by atomic mass is 10.3. The van der Waals surface area contributed by atoms with E-state index in [9.17, 15) is 14.9 Å². The fourth-order valence-electron chi connectivity index (χ4n) is 1.20. The van der Waals surface area contributed by atoms with Crippen LogP contribution in [0.2, 0.25) is 5.02 Å². The highest BCUT2D eigenvalue weighted by atomic mass is 35.5. The molecule has 96 valence electrons. The van der Waals surface area contributed by atoms with Gasteiger partial charge in [-0.1, -0.05) is 11.6 Å². The molecule has 0 aromatic heterocycles. The topological polar surface area (TPSA) is 89.7 Å². The quantitative estimate of drug-likeness (QED) is 0.505. The monoisotopic (exact) mass is 271 g/mol. The summed E-state index contributed by atoms with van der Waals surface area (Å²) in [5.74, 6) is -1.10. The number of halogens is 1. The molecule has 0 radical (unpaired) electrons. The maximum Gasteiger partial charge on any atom is 0.328 e. The van der Waals surface area contributed by atoms with Crippen LogP contribution in [-0.4, -0.2) is 22.6 Å². The van der Waals surface area contributed by atoms with Crippen molar-refractivity contribution < 1.29 is 19.6 Å². The summed E-state index contributed by atoms with van der Waals surface area (Å²) in [5.41, 5.74) is 0.208. The molecule has 1 aromatic rings. The molecule has 7 heteroatoms. The van der Waals surface area contributed by atoms with Crippen molar-refractivity contribution in [3.8, 4) is 5.75 Å². The summed E-state index contributed by atoms with van der Waals surface area (Å²) >= 11 is 5.71. The largest absolute Gasteiger partial charge is 0.482 e. The average molecular weight is 272 g/mol. The minimum atomic E-state index is -1.10. The van der Waals surface area contributed by atoms with Crippen molar-refractivity contribution in [1.82, 2.24) is 0 Å². The molecule has 1 aromatic carbocycles. The lowest BCUT2D eigenvalue weighted by molar-refractivity contribution is -0.385. The number of hydrogen-bond donors (Lipinski definition) is 1. The van der Waals surface area contributed by atoms with Gasteiger partial charge in [-0.25, -0.2) is 4.79 Å². The van der Waals surface area contributed by atoms with E-state index in [1.807, 2.05) is 0 Å². The highest BCUT2D eigenvalue weighted by Crippen LogP contribution is 2.30. The third-order valence-corrected chi connectivity index (χ3v) is 2.18. The Balaban J connectivity index is 2.87. The Morgan fingerprint density at radius 1 is 1.61 bits per heavy atom. The normalized spacial score (nSPS) is 11.1. The summed E-state index contributed by atoms with van der Waals surface area (Å²) < 4.78 is 5.18. The zero-order chi connectivity index (χ0) is 13.7. The molecule has 0 heterocycles. The molecule has 0 aliphatic heterocycles. The van der Waals surface area contributed by atoms with Gasteiger partial charge >= 0.3 is 11.7 Å². The van der Waals surface area contributed by atoms with Crippen molar-refractivity contribution >= 4 is 23.3 Å². The first-order chi connectivity index (χ1) is 8.40. The molecule has 18 heavy (non-hydrogen) atoms. The summed E-state index contributed by atoms with van der Waals surface area (Å²) in [6, 6.07) is 3.92. The van der Waals surface area contributed by atoms with E-state index in [0.29, 0.717) is 10.6 Å². The van der Waals surface area contributed by atoms with Crippen LogP contribution < -0.4 is 4.74 Å². The van der Waals surface area contributed by atoms with E-state index in [1.165, 1.54) is 18.2 Å². The van der Waals surface area contributed by atoms with Gasteiger partial charge in [-0.15, -0.1) is 0 Å². The van der Waals surface area contributed by atoms with Crippen molar-refractivity contribution in [2.45, 2.75) is 6.92 Å². The predicted molar refractivity (Wildman–Crippen MR) is 65.0 cm³/mol. The van der Waals surface area contributed by atoms with Crippen molar-refractivity contribution in [2.24, 2.45) is 0 Å². The van der Waals surface area contributed by atoms with Crippen LogP contribution in [0.1, 0.15) is 6.92 Å². The molecule has 0 aliphatic carbocycles. The Kier molecular flexibility index (Phi) is 4.67. The van der Waals surface area contributed by atoms with Gasteiger partial charge in [0.2, 0.25) is 0 Å². The molecule has 0 fully saturated rings. The Morgan fingerprint density at radius 2 is 2.28 bits per heavy atom. The number of carbonyl (C=O) groups is 1. The Labute approximate surface area is 108 Å². The van der Waals surface area contributed by atoms with E-state index >= 15 is 0 Å². The first-order valence-electron chi connectivity index (χ1n) is 4.87. The highest BCUT2D eigenvalue weighted by Gasteiger charge is 2.15. The fourth-order valence-corrected chi connectivity index (χ4v) is 1.36. The second kappa shape index (κ2) is 6.02. The molecule has 0 saturated heterocycles. The van der Waals surface area contributed by atoms with Crippen LogP contribution >= 0.6 is 11.6 Å². The maximum atomic E-state index is 10.7. The molecule has 0 saturated carbocycles. The van der Waals surface area contributed by atoms with Crippen molar-refractivity contribution in [3.05, 3.63) is 45.0 Å². The van der Waals surface area contributed by atoms with Crippen LogP contribution in [0.25, 0.3) is 0 Å². The van der Waals surface area contributed by atoms with Crippen LogP contribution in [0.3, 0.4) is 0 Å². The fraction of sp³-hybridized carbons (Fsp3) is 0.182. The van der Waals surface area contributed by atoms with E-state index in [-0.39, 0.29) is 18.0 Å². The second-order valence-corrected chi connectivity index (χ2v) is 3.92. The number of ether oxygens (including phenoxy) is 1. The summed E-state index contributed by atoms with van der Waals surface area (Å²) in [4.78, 5) is 20.5. The van der Waals surface area contributed by atoms with Crippen LogP contribution in [0.15, 0.2) is 29.8 Å². The number of nitro groups is 1. The summed E-state index contributed by atoms with van der Waals surface area (Å²) in [5, 5.41) is 19.5. The van der Waals surface area contributed by atoms with Crippen molar-refractivity contribution in [2.75, 3.05) is 6.61 Å². The number of aliphatic carboxylic acids is 1. The molecular weight excluding hydrogens is 262 g/mol. The average Bonchev–Trinajstić information content (AvgIpc) is 2.25. The van der Waals surface area contributed by atoms with Crippen LogP contribution in [0, 0.1) is 10.1 Å². The molecule has 1 rings (SSSR count). The number of rotatable bonds is 5. The van der Waals surface area contributed by atoms with Gasteiger partial charge in [-0.3, -0.25) is 10.1 Å². The lowest BCUT2D eigenvalue weighted by Gasteiger charge is -2.06. The van der Waals surface area contributed by atoms with Crippen molar-refractivity contribution in [3.63, 3.8) is 0 Å². The van der Waals surface area contributed by atoms with E-state index in [0.717, 1.165) is 6.08 Å². The lowest BCUT2D eigenvalue weighted by Crippen LogP contribution is -2.03. The summed E-state index contributed by atoms with van der Waals surface area (Å²) in [7, 11) is 0. The molecule has 0 aliphatic rings. The number of hydrogen-bond acceptors (Lipinski definition) is 4. The third-order valence-electron chi connectivity index (χ3n) is 1.94. The molecular formula is C11H10ClNO5. The van der Waals surface area contributed by atoms with E-state index in [2.05, 4.69) is 0 Å². The maximum absolute atomic E-state index is 10.7. The van der Waals surface area contributed by atoms with Crippen LogP contribution in [0.5, 0.6) is 5.75 Å². The van der Waals surface area contributed by atoms with E-state index in [1.54, 1.807) is 6.92 Å². The van der Waals surface area contributed by atoms with Gasteiger partial charge in [0, 0.05) is 23.2 Å². The Bertz CT molecular complexity index is 512. The minimum absolute atomic E-state index is 0.00522. The number of nitro benzene ring substituents is 1. The van der Waals surface area contributed by atoms with Gasteiger partial charge < -0.3 is 9.84 Å². The van der Waals surface area contributed by atoms with Crippen LogP contribution in [-0.2, 0) is 4.79 Å². The predicted octanol–water partition coefficient (Wildman–Crippen LogP) is 2.66.